The van der Waals surface area contributed by atoms with E-state index in [1.807, 2.05) is 0 Å². The van der Waals surface area contributed by atoms with Crippen molar-refractivity contribution in [1.29, 1.82) is 0 Å². The van der Waals surface area contributed by atoms with Crippen molar-refractivity contribution in [1.82, 2.24) is 4.98 Å². The molecule has 7 heteroatoms. The van der Waals surface area contributed by atoms with Crippen molar-refractivity contribution in [3.63, 3.8) is 0 Å². The van der Waals surface area contributed by atoms with Gasteiger partial charge in [0.25, 0.3) is 0 Å². The van der Waals surface area contributed by atoms with E-state index >= 15 is 0 Å². The van der Waals surface area contributed by atoms with Crippen LogP contribution in [0.2, 0.25) is 0 Å². The third-order valence-corrected chi connectivity index (χ3v) is 2.06. The van der Waals surface area contributed by atoms with E-state index in [4.69, 9.17) is 5.73 Å². The van der Waals surface area contributed by atoms with Crippen LogP contribution in [0.5, 0.6) is 0 Å². The van der Waals surface area contributed by atoms with Crippen LogP contribution in [0, 0.1) is 5.95 Å². The third kappa shape index (κ3) is 3.11. The zero-order valence-electron chi connectivity index (χ0n) is 9.13. The fourth-order valence-electron chi connectivity index (χ4n) is 1.18. The Morgan fingerprint density at radius 2 is 2.29 bits per heavy atom. The van der Waals surface area contributed by atoms with Gasteiger partial charge in [-0.1, -0.05) is 0 Å². The number of aromatic nitrogens is 1. The molecule has 1 aromatic heterocycles. The lowest BCUT2D eigenvalue weighted by Crippen LogP contribution is -2.30. The Bertz CT molecular complexity index is 413. The Morgan fingerprint density at radius 3 is 2.82 bits per heavy atom. The predicted molar refractivity (Wildman–Crippen MR) is 56.2 cm³/mol. The SMILES string of the molecule is CCOC(=O)C(O)C(O)c1cnc(F)c(N)c1. The second-order valence-electron chi connectivity index (χ2n) is 3.29. The van der Waals surface area contributed by atoms with Crippen molar-refractivity contribution in [2.45, 2.75) is 19.1 Å². The van der Waals surface area contributed by atoms with Crippen molar-refractivity contribution in [3.05, 3.63) is 23.8 Å². The van der Waals surface area contributed by atoms with Gasteiger partial charge in [-0.25, -0.2) is 9.78 Å². The number of nitrogens with two attached hydrogens (primary N) is 1. The maximum absolute atomic E-state index is 12.8. The molecular weight excluding hydrogens is 231 g/mol. The number of hydrogen-bond acceptors (Lipinski definition) is 6. The Hall–Kier alpha value is -1.73. The number of pyridine rings is 1. The zero-order valence-corrected chi connectivity index (χ0v) is 9.13. The van der Waals surface area contributed by atoms with Gasteiger partial charge in [0.15, 0.2) is 6.10 Å². The summed E-state index contributed by atoms with van der Waals surface area (Å²) >= 11 is 0. The molecule has 94 valence electrons. The van der Waals surface area contributed by atoms with E-state index in [0.29, 0.717) is 0 Å². The molecule has 0 aliphatic carbocycles. The van der Waals surface area contributed by atoms with Crippen molar-refractivity contribution >= 4 is 11.7 Å². The molecule has 0 aromatic carbocycles. The van der Waals surface area contributed by atoms with Crippen molar-refractivity contribution in [3.8, 4) is 0 Å². The van der Waals surface area contributed by atoms with Crippen molar-refractivity contribution < 1.29 is 24.1 Å². The van der Waals surface area contributed by atoms with E-state index in [-0.39, 0.29) is 17.9 Å². The lowest BCUT2D eigenvalue weighted by atomic mass is 10.1. The molecule has 4 N–H and O–H groups in total. The molecule has 0 radical (unpaired) electrons. The van der Waals surface area contributed by atoms with Gasteiger partial charge in [0.1, 0.15) is 6.10 Å². The third-order valence-electron chi connectivity index (χ3n) is 2.06. The number of carbonyl (C=O) groups excluding carboxylic acids is 1. The molecule has 0 aliphatic rings. The largest absolute Gasteiger partial charge is 0.464 e. The minimum Gasteiger partial charge on any atom is -0.464 e. The predicted octanol–water partition coefficient (Wildman–Crippen LogP) is -0.240. The maximum Gasteiger partial charge on any atom is 0.338 e. The summed E-state index contributed by atoms with van der Waals surface area (Å²) in [6, 6.07) is 1.09. The van der Waals surface area contributed by atoms with Crippen LogP contribution < -0.4 is 5.73 Å². The van der Waals surface area contributed by atoms with Gasteiger partial charge in [0.2, 0.25) is 5.95 Å². The fourth-order valence-corrected chi connectivity index (χ4v) is 1.18. The number of rotatable bonds is 4. The van der Waals surface area contributed by atoms with Crippen LogP contribution in [0.1, 0.15) is 18.6 Å². The molecule has 0 spiro atoms. The summed E-state index contributed by atoms with van der Waals surface area (Å²) in [5, 5.41) is 19.1. The Morgan fingerprint density at radius 1 is 1.65 bits per heavy atom. The molecule has 17 heavy (non-hydrogen) atoms. The molecule has 0 saturated carbocycles. The fraction of sp³-hybridized carbons (Fsp3) is 0.400. The summed E-state index contributed by atoms with van der Waals surface area (Å²) < 4.78 is 17.3. The van der Waals surface area contributed by atoms with Crippen LogP contribution >= 0.6 is 0 Å². The van der Waals surface area contributed by atoms with Crippen molar-refractivity contribution in [2.24, 2.45) is 0 Å². The number of esters is 1. The summed E-state index contributed by atoms with van der Waals surface area (Å²) in [7, 11) is 0. The van der Waals surface area contributed by atoms with Gasteiger partial charge >= 0.3 is 5.97 Å². The van der Waals surface area contributed by atoms with Gasteiger partial charge in [-0.15, -0.1) is 0 Å². The highest BCUT2D eigenvalue weighted by atomic mass is 19.1. The summed E-state index contributed by atoms with van der Waals surface area (Å²) in [5.74, 6) is -1.85. The molecule has 6 nitrogen and oxygen atoms in total. The van der Waals surface area contributed by atoms with E-state index < -0.39 is 24.1 Å². The standard InChI is InChI=1S/C10H13FN2O4/c1-2-17-10(16)8(15)7(14)5-3-6(12)9(11)13-4-5/h3-4,7-8,14-15H,2,12H2,1H3. The average Bonchev–Trinajstić information content (AvgIpc) is 2.31. The number of nitrogens with zero attached hydrogens (tertiary/aromatic N) is 1. The van der Waals surface area contributed by atoms with Crippen LogP contribution in [0.4, 0.5) is 10.1 Å². The molecule has 2 atom stereocenters. The van der Waals surface area contributed by atoms with Crippen LogP contribution in [0.15, 0.2) is 12.3 Å². The Balaban J connectivity index is 2.84. The first-order valence-corrected chi connectivity index (χ1v) is 4.91. The topological polar surface area (TPSA) is 106 Å². The van der Waals surface area contributed by atoms with Gasteiger partial charge in [-0.05, 0) is 13.0 Å². The first-order chi connectivity index (χ1) is 7.97. The van der Waals surface area contributed by atoms with Crippen molar-refractivity contribution in [2.75, 3.05) is 12.3 Å². The number of hydrogen-bond donors (Lipinski definition) is 3. The van der Waals surface area contributed by atoms with Gasteiger partial charge in [0.05, 0.1) is 12.3 Å². The summed E-state index contributed by atoms with van der Waals surface area (Å²) in [6.45, 7) is 1.64. The lowest BCUT2D eigenvalue weighted by Gasteiger charge is -2.16. The highest BCUT2D eigenvalue weighted by Gasteiger charge is 2.27. The molecule has 0 amide bonds. The number of halogens is 1. The number of ether oxygens (including phenoxy) is 1. The zero-order chi connectivity index (χ0) is 13.0. The first-order valence-electron chi connectivity index (χ1n) is 4.91. The van der Waals surface area contributed by atoms with Crippen LogP contribution in [0.3, 0.4) is 0 Å². The van der Waals surface area contributed by atoms with Crippen LogP contribution in [-0.2, 0) is 9.53 Å². The van der Waals surface area contributed by atoms with Gasteiger partial charge in [-0.3, -0.25) is 0 Å². The molecule has 2 unspecified atom stereocenters. The smallest absolute Gasteiger partial charge is 0.338 e. The minimum atomic E-state index is -1.76. The number of carbonyl (C=O) groups is 1. The van der Waals surface area contributed by atoms with E-state index in [0.717, 1.165) is 12.3 Å². The molecule has 0 saturated heterocycles. The summed E-state index contributed by atoms with van der Waals surface area (Å²) in [5.41, 5.74) is 5.00. The van der Waals surface area contributed by atoms with E-state index in [1.54, 1.807) is 6.92 Å². The quantitative estimate of drug-likeness (QED) is 0.498. The summed E-state index contributed by atoms with van der Waals surface area (Å²) in [6.07, 6.45) is -2.34. The minimum absolute atomic E-state index is 0.0319. The second kappa shape index (κ2) is 5.55. The molecule has 0 aliphatic heterocycles. The Kier molecular flexibility index (Phi) is 4.36. The number of nitrogen functional groups attached to an aromatic ring is 1. The number of anilines is 1. The summed E-state index contributed by atoms with van der Waals surface area (Å²) in [4.78, 5) is 14.4. The second-order valence-corrected chi connectivity index (χ2v) is 3.29. The monoisotopic (exact) mass is 244 g/mol. The van der Waals surface area contributed by atoms with E-state index in [1.165, 1.54) is 0 Å². The highest BCUT2D eigenvalue weighted by Crippen LogP contribution is 2.20. The lowest BCUT2D eigenvalue weighted by molar-refractivity contribution is -0.159. The number of aliphatic hydroxyl groups excluding tert-OH is 2. The molecule has 0 bridgehead atoms. The normalized spacial score (nSPS) is 14.1. The average molecular weight is 244 g/mol. The molecular formula is C10H13FN2O4. The maximum atomic E-state index is 12.8. The van der Waals surface area contributed by atoms with E-state index in [9.17, 15) is 19.4 Å². The van der Waals surface area contributed by atoms with Gasteiger partial charge in [-0.2, -0.15) is 4.39 Å². The van der Waals surface area contributed by atoms with E-state index in [2.05, 4.69) is 9.72 Å². The number of aliphatic hydroxyl groups is 2. The van der Waals surface area contributed by atoms with Gasteiger partial charge < -0.3 is 20.7 Å². The van der Waals surface area contributed by atoms with Crippen LogP contribution in [-0.4, -0.2) is 33.9 Å². The molecule has 1 rings (SSSR count). The Labute approximate surface area is 96.8 Å². The first kappa shape index (κ1) is 13.3. The molecule has 0 fully saturated rings. The molecule has 1 heterocycles. The van der Waals surface area contributed by atoms with Crippen LogP contribution in [0.25, 0.3) is 0 Å². The molecule has 1 aromatic rings. The highest BCUT2D eigenvalue weighted by molar-refractivity contribution is 5.75. The van der Waals surface area contributed by atoms with Gasteiger partial charge in [0, 0.05) is 11.8 Å².